The SMILES string of the molecule is COC(=O)[C@@H]1[C@@H](C(=O)OC)C1(c1ccc(Cl)cc1)[P+]1([O-])OCC(C)(C)CO1. The Bertz CT molecular complexity index is 717. The second-order valence-electron chi connectivity index (χ2n) is 7.54. The summed E-state index contributed by atoms with van der Waals surface area (Å²) in [5.41, 5.74) is 0.117. The van der Waals surface area contributed by atoms with E-state index in [0.29, 0.717) is 10.6 Å². The fourth-order valence-corrected chi connectivity index (χ4v) is 6.89. The van der Waals surface area contributed by atoms with E-state index in [9.17, 15) is 14.5 Å². The van der Waals surface area contributed by atoms with Gasteiger partial charge < -0.3 is 14.4 Å². The van der Waals surface area contributed by atoms with Gasteiger partial charge in [-0.15, -0.1) is 0 Å². The van der Waals surface area contributed by atoms with Gasteiger partial charge in [0, 0.05) is 16.0 Å². The van der Waals surface area contributed by atoms with Crippen molar-refractivity contribution in [2.75, 3.05) is 27.4 Å². The number of rotatable bonds is 4. The number of carbonyl (C=O) groups excluding carboxylic acids is 2. The zero-order valence-corrected chi connectivity index (χ0v) is 17.2. The molecule has 1 saturated carbocycles. The summed E-state index contributed by atoms with van der Waals surface area (Å²) in [6, 6.07) is 6.43. The first kappa shape index (κ1) is 20.5. The molecule has 0 radical (unpaired) electrons. The first-order valence-corrected chi connectivity index (χ1v) is 10.4. The summed E-state index contributed by atoms with van der Waals surface area (Å²) >= 11 is 5.98. The quantitative estimate of drug-likeness (QED) is 0.549. The monoisotopic (exact) mass is 416 g/mol. The van der Waals surface area contributed by atoms with Crippen molar-refractivity contribution in [2.24, 2.45) is 17.3 Å². The molecule has 2 atom stereocenters. The fourth-order valence-electron chi connectivity index (χ4n) is 3.65. The van der Waals surface area contributed by atoms with Crippen LogP contribution in [0.4, 0.5) is 0 Å². The van der Waals surface area contributed by atoms with Crippen molar-refractivity contribution in [3.8, 4) is 0 Å². The van der Waals surface area contributed by atoms with Crippen molar-refractivity contribution in [1.82, 2.24) is 0 Å². The van der Waals surface area contributed by atoms with E-state index in [1.807, 2.05) is 13.8 Å². The van der Waals surface area contributed by atoms with Crippen LogP contribution in [0.5, 0.6) is 0 Å². The Kier molecular flexibility index (Phi) is 5.30. The third kappa shape index (κ3) is 3.15. The minimum Gasteiger partial charge on any atom is -0.631 e. The molecule has 1 heterocycles. The lowest BCUT2D eigenvalue weighted by Gasteiger charge is -2.43. The van der Waals surface area contributed by atoms with Crippen molar-refractivity contribution in [3.63, 3.8) is 0 Å². The number of methoxy groups -OCH3 is 2. The maximum Gasteiger partial charge on any atom is 0.314 e. The van der Waals surface area contributed by atoms with Crippen LogP contribution in [0.15, 0.2) is 24.3 Å². The molecule has 0 spiro atoms. The van der Waals surface area contributed by atoms with Crippen LogP contribution in [0, 0.1) is 17.3 Å². The third-order valence-electron chi connectivity index (χ3n) is 5.09. The molecule has 0 amide bonds. The highest BCUT2D eigenvalue weighted by Crippen LogP contribution is 2.85. The lowest BCUT2D eigenvalue weighted by molar-refractivity contribution is -0.239. The van der Waals surface area contributed by atoms with Crippen LogP contribution in [0.2, 0.25) is 5.02 Å². The Hall–Kier alpha value is -1.24. The topological polar surface area (TPSA) is 94.1 Å². The zero-order valence-electron chi connectivity index (χ0n) is 15.6. The normalized spacial score (nSPS) is 31.0. The van der Waals surface area contributed by atoms with Gasteiger partial charge in [-0.1, -0.05) is 37.6 Å². The van der Waals surface area contributed by atoms with Crippen LogP contribution in [0.3, 0.4) is 0 Å². The standard InChI is InChI=1S/C18H22ClO7P/c1-17(2)9-25-27(22,26-10-17)18(11-5-7-12(19)8-6-11)13(15(20)23-3)14(18)16(21)24-4/h5-8,13-14H,9-10H2,1-4H3/t13-,14-/m0/s1. The average Bonchev–Trinajstić information content (AvgIpc) is 3.35. The van der Waals surface area contributed by atoms with E-state index in [1.165, 1.54) is 14.2 Å². The van der Waals surface area contributed by atoms with Gasteiger partial charge in [0.05, 0.1) is 14.2 Å². The maximum absolute atomic E-state index is 13.9. The molecule has 0 unspecified atom stereocenters. The van der Waals surface area contributed by atoms with Gasteiger partial charge in [0.25, 0.3) is 0 Å². The number of carbonyl (C=O) groups is 2. The van der Waals surface area contributed by atoms with Crippen molar-refractivity contribution in [3.05, 3.63) is 34.9 Å². The van der Waals surface area contributed by atoms with E-state index in [0.717, 1.165) is 0 Å². The molecule has 3 rings (SSSR count). The van der Waals surface area contributed by atoms with Crippen LogP contribution in [-0.2, 0) is 33.3 Å². The predicted molar refractivity (Wildman–Crippen MR) is 96.7 cm³/mol. The number of halogens is 1. The number of hydrogen-bond donors (Lipinski definition) is 0. The number of hydrogen-bond acceptors (Lipinski definition) is 7. The molecule has 148 valence electrons. The molecule has 7 nitrogen and oxygen atoms in total. The Balaban J connectivity index is 2.14. The predicted octanol–water partition coefficient (Wildman–Crippen LogP) is 2.32. The Morgan fingerprint density at radius 3 is 1.93 bits per heavy atom. The van der Waals surface area contributed by atoms with Crippen molar-refractivity contribution in [2.45, 2.75) is 19.0 Å². The first-order chi connectivity index (χ1) is 12.6. The zero-order chi connectivity index (χ0) is 20.0. The van der Waals surface area contributed by atoms with Crippen LogP contribution in [0.25, 0.3) is 0 Å². The van der Waals surface area contributed by atoms with Gasteiger partial charge in [-0.25, -0.2) is 9.05 Å². The molecule has 27 heavy (non-hydrogen) atoms. The molecule has 1 aliphatic carbocycles. The van der Waals surface area contributed by atoms with E-state index in [4.69, 9.17) is 30.1 Å². The van der Waals surface area contributed by atoms with Gasteiger partial charge in [-0.3, -0.25) is 9.59 Å². The summed E-state index contributed by atoms with van der Waals surface area (Å²) in [5.74, 6) is -3.42. The number of ether oxygens (including phenoxy) is 2. The number of esters is 2. The highest BCUT2D eigenvalue weighted by Gasteiger charge is 2.87. The van der Waals surface area contributed by atoms with Crippen LogP contribution >= 0.6 is 19.5 Å². The van der Waals surface area contributed by atoms with Gasteiger partial charge in [0.2, 0.25) is 7.94 Å². The van der Waals surface area contributed by atoms with Gasteiger partial charge in [-0.05, 0) is 12.1 Å². The molecule has 9 heteroatoms. The Labute approximate surface area is 163 Å². The molecule has 2 fully saturated rings. The minimum absolute atomic E-state index is 0.168. The molecular formula is C18H22ClO7P. The minimum atomic E-state index is -3.91. The van der Waals surface area contributed by atoms with Crippen molar-refractivity contribution in [1.29, 1.82) is 0 Å². The maximum atomic E-state index is 13.9. The Morgan fingerprint density at radius 1 is 1.07 bits per heavy atom. The third-order valence-corrected chi connectivity index (χ3v) is 8.00. The molecule has 1 saturated heterocycles. The second kappa shape index (κ2) is 6.98. The van der Waals surface area contributed by atoms with Gasteiger partial charge in [-0.2, -0.15) is 0 Å². The lowest BCUT2D eigenvalue weighted by atomic mass is 9.97. The van der Waals surface area contributed by atoms with Crippen molar-refractivity contribution >= 4 is 31.5 Å². The molecule has 1 aromatic rings. The molecule has 0 bridgehead atoms. The summed E-state index contributed by atoms with van der Waals surface area (Å²) < 4.78 is 21.2. The van der Waals surface area contributed by atoms with Gasteiger partial charge in [0.15, 0.2) is 5.16 Å². The van der Waals surface area contributed by atoms with E-state index in [-0.39, 0.29) is 18.6 Å². The summed E-state index contributed by atoms with van der Waals surface area (Å²) in [6.07, 6.45) is 0. The van der Waals surface area contributed by atoms with Crippen LogP contribution in [-0.4, -0.2) is 39.4 Å². The summed E-state index contributed by atoms with van der Waals surface area (Å²) in [4.78, 5) is 38.8. The number of benzene rings is 1. The highest BCUT2D eigenvalue weighted by atomic mass is 35.5. The van der Waals surface area contributed by atoms with Gasteiger partial charge in [0.1, 0.15) is 25.0 Å². The molecule has 0 aromatic heterocycles. The summed E-state index contributed by atoms with van der Waals surface area (Å²) in [7, 11) is -1.49. The van der Waals surface area contributed by atoms with Gasteiger partial charge >= 0.3 is 11.9 Å². The summed E-state index contributed by atoms with van der Waals surface area (Å²) in [5, 5.41) is -1.04. The highest BCUT2D eigenvalue weighted by molar-refractivity contribution is 7.61. The largest absolute Gasteiger partial charge is 0.631 e. The first-order valence-electron chi connectivity index (χ1n) is 8.44. The fraction of sp³-hybridized carbons (Fsp3) is 0.556. The van der Waals surface area contributed by atoms with E-state index in [1.54, 1.807) is 24.3 Å². The second-order valence-corrected chi connectivity index (χ2v) is 10.2. The Morgan fingerprint density at radius 2 is 1.52 bits per heavy atom. The van der Waals surface area contributed by atoms with Crippen LogP contribution in [0.1, 0.15) is 19.4 Å². The van der Waals surface area contributed by atoms with Crippen LogP contribution < -0.4 is 4.89 Å². The van der Waals surface area contributed by atoms with E-state index in [2.05, 4.69) is 0 Å². The van der Waals surface area contributed by atoms with E-state index < -0.39 is 36.9 Å². The van der Waals surface area contributed by atoms with E-state index >= 15 is 0 Å². The lowest BCUT2D eigenvalue weighted by Crippen LogP contribution is -2.41. The van der Waals surface area contributed by atoms with Crippen molar-refractivity contribution < 1.29 is 33.0 Å². The summed E-state index contributed by atoms with van der Waals surface area (Å²) in [6.45, 7) is 4.16. The molecular weight excluding hydrogens is 395 g/mol. The molecule has 2 aliphatic rings. The molecule has 0 N–H and O–H groups in total. The molecule has 1 aromatic carbocycles. The average molecular weight is 417 g/mol. The smallest absolute Gasteiger partial charge is 0.314 e. The molecule has 1 aliphatic heterocycles.